The van der Waals surface area contributed by atoms with E-state index in [9.17, 15) is 0 Å². The van der Waals surface area contributed by atoms with E-state index in [2.05, 4.69) is 142 Å². The quantitative estimate of drug-likeness (QED) is 0.155. The van der Waals surface area contributed by atoms with Crippen LogP contribution in [0.5, 0.6) is 0 Å². The summed E-state index contributed by atoms with van der Waals surface area (Å²) in [6.07, 6.45) is 14.7. The van der Waals surface area contributed by atoms with Crippen molar-refractivity contribution in [1.82, 2.24) is 44.1 Å². The first-order valence-corrected chi connectivity index (χ1v) is 17.9. The fourth-order valence-electron chi connectivity index (χ4n) is 6.08. The molecule has 0 aliphatic heterocycles. The topological polar surface area (TPSA) is 99.0 Å². The van der Waals surface area contributed by atoms with Crippen molar-refractivity contribution >= 4 is 22.2 Å². The largest absolute Gasteiger partial charge is 0.258 e. The smallest absolute Gasteiger partial charge is 0.158 e. The van der Waals surface area contributed by atoms with Crippen molar-refractivity contribution in [3.8, 4) is 0 Å². The molecule has 52 heavy (non-hydrogen) atoms. The fraction of sp³-hybridized carbons (Fsp3) is 0.419. The molecule has 0 saturated heterocycles. The number of nitrogens with zero attached hydrogens (tertiary/aromatic N) is 9. The van der Waals surface area contributed by atoms with Gasteiger partial charge in [-0.3, -0.25) is 15.0 Å². The molecular weight excluding hydrogens is 643 g/mol. The van der Waals surface area contributed by atoms with Crippen LogP contribution in [0.1, 0.15) is 117 Å². The third kappa shape index (κ3) is 9.84. The van der Waals surface area contributed by atoms with Gasteiger partial charge >= 0.3 is 0 Å². The number of benzene rings is 1. The minimum Gasteiger partial charge on any atom is -0.258 e. The van der Waals surface area contributed by atoms with Gasteiger partial charge in [0.2, 0.25) is 0 Å². The summed E-state index contributed by atoms with van der Waals surface area (Å²) in [6, 6.07) is 14.2. The molecule has 7 rings (SSSR count). The number of hydrogen-bond donors (Lipinski definition) is 0. The molecule has 0 aliphatic rings. The van der Waals surface area contributed by atoms with Crippen LogP contribution in [0, 0.1) is 13.8 Å². The molecule has 0 radical (unpaired) electrons. The number of aryl methyl sites for hydroxylation is 2. The Hall–Kier alpha value is -5.05. The average molecular weight is 700 g/mol. The predicted molar refractivity (Wildman–Crippen MR) is 214 cm³/mol. The van der Waals surface area contributed by atoms with E-state index >= 15 is 0 Å². The van der Waals surface area contributed by atoms with Gasteiger partial charge in [0.1, 0.15) is 0 Å². The standard InChI is InChI=1S/C13H15N.C11H15N3.C10H13N3.C9H14N2/c1-13(2,3)11-8-4-6-10-7-5-9-14-12(10)11;1-8-9(11(2,3)4)10-12-6-5-7-14(10)13-8;1-10(2,3)8-7-12-13-6-4-5-11-9(8)13;1-7-8(9(2,3)4)11-6-5-10-7/h4-9H,1-3H3;5-7H,1-4H3;4-7H,1-3H3;5-6H,1-4H3. The number of hydrogen-bond acceptors (Lipinski definition) is 7. The van der Waals surface area contributed by atoms with Crippen molar-refractivity contribution in [2.75, 3.05) is 0 Å². The van der Waals surface area contributed by atoms with Crippen LogP contribution in [0.4, 0.5) is 0 Å². The van der Waals surface area contributed by atoms with Crippen molar-refractivity contribution in [2.45, 2.75) is 119 Å². The van der Waals surface area contributed by atoms with Crippen molar-refractivity contribution in [3.05, 3.63) is 126 Å². The van der Waals surface area contributed by atoms with E-state index in [1.807, 2.05) is 67.5 Å². The molecule has 274 valence electrons. The third-order valence-corrected chi connectivity index (χ3v) is 8.44. The number of para-hydroxylation sites is 1. The highest BCUT2D eigenvalue weighted by Crippen LogP contribution is 2.29. The normalized spacial score (nSPS) is 12.0. The van der Waals surface area contributed by atoms with Crippen molar-refractivity contribution in [1.29, 1.82) is 0 Å². The summed E-state index contributed by atoms with van der Waals surface area (Å²) in [5.41, 5.74) is 10.4. The molecule has 0 N–H and O–H groups in total. The molecule has 0 spiro atoms. The van der Waals surface area contributed by atoms with Gasteiger partial charge in [-0.1, -0.05) is 107 Å². The molecule has 6 aromatic heterocycles. The maximum atomic E-state index is 4.45. The summed E-state index contributed by atoms with van der Waals surface area (Å²) in [4.78, 5) is 21.6. The van der Waals surface area contributed by atoms with E-state index in [-0.39, 0.29) is 21.7 Å². The Bertz CT molecular complexity index is 2210. The lowest BCUT2D eigenvalue weighted by Crippen LogP contribution is -2.15. The van der Waals surface area contributed by atoms with E-state index in [1.165, 1.54) is 22.1 Å². The fourth-order valence-corrected chi connectivity index (χ4v) is 6.08. The first-order chi connectivity index (χ1) is 24.2. The van der Waals surface area contributed by atoms with E-state index in [4.69, 9.17) is 0 Å². The van der Waals surface area contributed by atoms with Crippen LogP contribution in [-0.2, 0) is 21.7 Å². The maximum absolute atomic E-state index is 4.45. The molecule has 0 bridgehead atoms. The number of fused-ring (bicyclic) bond motifs is 3. The Morgan fingerprint density at radius 3 is 1.63 bits per heavy atom. The van der Waals surface area contributed by atoms with Gasteiger partial charge in [0.15, 0.2) is 11.3 Å². The second-order valence-electron chi connectivity index (χ2n) is 17.2. The Morgan fingerprint density at radius 2 is 1.06 bits per heavy atom. The van der Waals surface area contributed by atoms with Gasteiger partial charge in [0.05, 0.1) is 28.8 Å². The summed E-state index contributed by atoms with van der Waals surface area (Å²) in [5.74, 6) is 0. The van der Waals surface area contributed by atoms with Crippen LogP contribution in [0.2, 0.25) is 0 Å². The van der Waals surface area contributed by atoms with E-state index in [0.29, 0.717) is 0 Å². The highest BCUT2D eigenvalue weighted by Gasteiger charge is 2.23. The lowest BCUT2D eigenvalue weighted by atomic mass is 9.85. The van der Waals surface area contributed by atoms with Crippen molar-refractivity contribution in [2.24, 2.45) is 0 Å². The Labute approximate surface area is 310 Å². The molecule has 0 atom stereocenters. The molecule has 9 heteroatoms. The van der Waals surface area contributed by atoms with Crippen molar-refractivity contribution < 1.29 is 0 Å². The second-order valence-corrected chi connectivity index (χ2v) is 17.2. The van der Waals surface area contributed by atoms with Gasteiger partial charge < -0.3 is 0 Å². The molecule has 0 aliphatic carbocycles. The lowest BCUT2D eigenvalue weighted by molar-refractivity contribution is 0.559. The average Bonchev–Trinajstić information content (AvgIpc) is 3.65. The van der Waals surface area contributed by atoms with Gasteiger partial charge in [0, 0.05) is 65.3 Å². The van der Waals surface area contributed by atoms with Crippen LogP contribution in [0.25, 0.3) is 22.2 Å². The van der Waals surface area contributed by atoms with Crippen LogP contribution >= 0.6 is 0 Å². The van der Waals surface area contributed by atoms with Gasteiger partial charge in [-0.15, -0.1) is 0 Å². The maximum Gasteiger partial charge on any atom is 0.158 e. The van der Waals surface area contributed by atoms with Gasteiger partial charge in [-0.25, -0.2) is 19.0 Å². The van der Waals surface area contributed by atoms with Gasteiger partial charge in [0.25, 0.3) is 0 Å². The van der Waals surface area contributed by atoms with E-state index in [0.717, 1.165) is 33.9 Å². The highest BCUT2D eigenvalue weighted by atomic mass is 15.3. The van der Waals surface area contributed by atoms with Crippen LogP contribution < -0.4 is 0 Å². The zero-order valence-electron chi connectivity index (χ0n) is 33.7. The molecule has 1 aromatic carbocycles. The van der Waals surface area contributed by atoms with Gasteiger partial charge in [-0.05, 0) is 53.9 Å². The predicted octanol–water partition coefficient (Wildman–Crippen LogP) is 9.98. The minimum atomic E-state index is 0.0974. The molecule has 0 unspecified atom stereocenters. The van der Waals surface area contributed by atoms with Crippen LogP contribution in [-0.4, -0.2) is 44.1 Å². The lowest BCUT2D eigenvalue weighted by Gasteiger charge is -2.20. The van der Waals surface area contributed by atoms with Crippen LogP contribution in [0.3, 0.4) is 0 Å². The first-order valence-electron chi connectivity index (χ1n) is 17.9. The first kappa shape index (κ1) is 39.7. The molecular formula is C43H57N9. The zero-order chi connectivity index (χ0) is 38.5. The minimum absolute atomic E-state index is 0.0974. The summed E-state index contributed by atoms with van der Waals surface area (Å²) < 4.78 is 3.65. The second kappa shape index (κ2) is 15.7. The summed E-state index contributed by atoms with van der Waals surface area (Å²) in [5, 5.41) is 9.90. The summed E-state index contributed by atoms with van der Waals surface area (Å²) in [7, 11) is 0. The number of pyridine rings is 1. The van der Waals surface area contributed by atoms with E-state index in [1.54, 1.807) is 23.1 Å². The molecule has 6 heterocycles. The zero-order valence-corrected chi connectivity index (χ0v) is 33.7. The Balaban J connectivity index is 0.000000156. The SMILES string of the molecule is CC(C)(C)c1cccc2cccnc12.CC(C)(C)c1cnn2cccnc12.Cc1nccnc1C(C)(C)C.Cc1nn2cccnc2c1C(C)(C)C. The highest BCUT2D eigenvalue weighted by molar-refractivity contribution is 5.82. The molecule has 9 nitrogen and oxygen atoms in total. The number of rotatable bonds is 0. The van der Waals surface area contributed by atoms with Crippen LogP contribution in [0.15, 0.2) is 92.0 Å². The van der Waals surface area contributed by atoms with Gasteiger partial charge in [-0.2, -0.15) is 10.2 Å². The van der Waals surface area contributed by atoms with Crippen molar-refractivity contribution in [3.63, 3.8) is 0 Å². The third-order valence-electron chi connectivity index (χ3n) is 8.44. The van der Waals surface area contributed by atoms with E-state index < -0.39 is 0 Å². The molecule has 0 fully saturated rings. The summed E-state index contributed by atoms with van der Waals surface area (Å²) >= 11 is 0. The Kier molecular flexibility index (Phi) is 12.0. The molecule has 0 amide bonds. The monoisotopic (exact) mass is 699 g/mol. The number of aromatic nitrogens is 9. The Morgan fingerprint density at radius 1 is 0.481 bits per heavy atom. The molecule has 0 saturated carbocycles. The summed E-state index contributed by atoms with van der Waals surface area (Å²) in [6.45, 7) is 30.2. The molecule has 7 aromatic rings.